The standard InChI is InChI=1S/C15H32ClNO.ClH/c1-3-4-5-6-7-8-9-10-15(16)11-12-17-13-14(2)18;/h14-15,17-18H,3-13H2,1-2H3;1H. The predicted octanol–water partition coefficient (Wildman–Crippen LogP) is 4.52. The van der Waals surface area contributed by atoms with Crippen molar-refractivity contribution in [2.24, 2.45) is 0 Å². The van der Waals surface area contributed by atoms with Crippen LogP contribution in [-0.2, 0) is 0 Å². The number of hydrogen-bond acceptors (Lipinski definition) is 2. The van der Waals surface area contributed by atoms with Crippen LogP contribution in [0.2, 0.25) is 0 Å². The van der Waals surface area contributed by atoms with Crippen LogP contribution in [0.25, 0.3) is 0 Å². The molecule has 19 heavy (non-hydrogen) atoms. The SMILES string of the molecule is CCCCCCCCCC(Cl)CCNCC(C)O.Cl. The van der Waals surface area contributed by atoms with E-state index >= 15 is 0 Å². The fraction of sp³-hybridized carbons (Fsp3) is 1.00. The van der Waals surface area contributed by atoms with Gasteiger partial charge in [-0.2, -0.15) is 0 Å². The van der Waals surface area contributed by atoms with Gasteiger partial charge in [0.1, 0.15) is 0 Å². The second kappa shape index (κ2) is 16.6. The van der Waals surface area contributed by atoms with Gasteiger partial charge in [0.2, 0.25) is 0 Å². The second-order valence-electron chi connectivity index (χ2n) is 5.35. The van der Waals surface area contributed by atoms with Gasteiger partial charge in [-0.3, -0.25) is 0 Å². The van der Waals surface area contributed by atoms with Crippen molar-refractivity contribution in [1.82, 2.24) is 5.32 Å². The van der Waals surface area contributed by atoms with Crippen LogP contribution in [0.15, 0.2) is 0 Å². The number of aliphatic hydroxyl groups excluding tert-OH is 1. The van der Waals surface area contributed by atoms with Crippen LogP contribution in [0.3, 0.4) is 0 Å². The molecule has 0 aliphatic carbocycles. The molecular weight excluding hydrogens is 281 g/mol. The fourth-order valence-electron chi connectivity index (χ4n) is 2.04. The summed E-state index contributed by atoms with van der Waals surface area (Å²) >= 11 is 6.26. The maximum absolute atomic E-state index is 9.08. The van der Waals surface area contributed by atoms with E-state index in [0.29, 0.717) is 11.9 Å². The zero-order valence-corrected chi connectivity index (χ0v) is 14.2. The van der Waals surface area contributed by atoms with Crippen molar-refractivity contribution >= 4 is 24.0 Å². The third kappa shape index (κ3) is 18.5. The number of hydrogen-bond donors (Lipinski definition) is 2. The highest BCUT2D eigenvalue weighted by Crippen LogP contribution is 2.14. The lowest BCUT2D eigenvalue weighted by Gasteiger charge is -2.11. The highest BCUT2D eigenvalue weighted by Gasteiger charge is 2.04. The quantitative estimate of drug-likeness (QED) is 0.387. The zero-order chi connectivity index (χ0) is 13.6. The Morgan fingerprint density at radius 1 is 1.00 bits per heavy atom. The van der Waals surface area contributed by atoms with Crippen molar-refractivity contribution < 1.29 is 5.11 Å². The number of nitrogens with one attached hydrogen (secondary N) is 1. The molecule has 0 aromatic heterocycles. The van der Waals surface area contributed by atoms with E-state index in [4.69, 9.17) is 16.7 Å². The Balaban J connectivity index is 0. The predicted molar refractivity (Wildman–Crippen MR) is 88.7 cm³/mol. The molecule has 0 saturated heterocycles. The normalized spacial score (nSPS) is 13.9. The summed E-state index contributed by atoms with van der Waals surface area (Å²) in [5.41, 5.74) is 0. The van der Waals surface area contributed by atoms with Crippen LogP contribution < -0.4 is 5.32 Å². The van der Waals surface area contributed by atoms with Gasteiger partial charge in [-0.15, -0.1) is 24.0 Å². The molecule has 2 unspecified atom stereocenters. The molecule has 0 fully saturated rings. The van der Waals surface area contributed by atoms with E-state index in [1.54, 1.807) is 6.92 Å². The average Bonchev–Trinajstić information content (AvgIpc) is 2.33. The monoisotopic (exact) mass is 313 g/mol. The Morgan fingerprint density at radius 3 is 2.16 bits per heavy atom. The molecule has 0 saturated carbocycles. The van der Waals surface area contributed by atoms with Gasteiger partial charge in [0.25, 0.3) is 0 Å². The molecular formula is C15H33Cl2NO. The zero-order valence-electron chi connectivity index (χ0n) is 12.7. The van der Waals surface area contributed by atoms with E-state index in [9.17, 15) is 0 Å². The Hall–Kier alpha value is 0.500. The van der Waals surface area contributed by atoms with Crippen LogP contribution in [0, 0.1) is 0 Å². The lowest BCUT2D eigenvalue weighted by molar-refractivity contribution is 0.191. The smallest absolute Gasteiger partial charge is 0.0636 e. The molecule has 0 amide bonds. The van der Waals surface area contributed by atoms with Crippen LogP contribution >= 0.6 is 24.0 Å². The average molecular weight is 314 g/mol. The summed E-state index contributed by atoms with van der Waals surface area (Å²) in [6.07, 6.45) is 11.3. The lowest BCUT2D eigenvalue weighted by atomic mass is 10.1. The molecule has 0 spiro atoms. The first-order chi connectivity index (χ1) is 8.66. The summed E-state index contributed by atoms with van der Waals surface area (Å²) in [7, 11) is 0. The topological polar surface area (TPSA) is 32.3 Å². The van der Waals surface area contributed by atoms with Gasteiger partial charge >= 0.3 is 0 Å². The first kappa shape index (κ1) is 21.8. The van der Waals surface area contributed by atoms with Crippen molar-refractivity contribution in [2.75, 3.05) is 13.1 Å². The summed E-state index contributed by atoms with van der Waals surface area (Å²) in [6.45, 7) is 5.63. The van der Waals surface area contributed by atoms with Crippen molar-refractivity contribution in [3.05, 3.63) is 0 Å². The highest BCUT2D eigenvalue weighted by atomic mass is 35.5. The molecule has 0 aliphatic rings. The maximum Gasteiger partial charge on any atom is 0.0636 e. The maximum atomic E-state index is 9.08. The summed E-state index contributed by atoms with van der Waals surface area (Å²) in [5, 5.41) is 12.6. The van der Waals surface area contributed by atoms with Crippen LogP contribution in [-0.4, -0.2) is 29.7 Å². The van der Waals surface area contributed by atoms with E-state index in [0.717, 1.165) is 19.4 Å². The minimum atomic E-state index is -0.262. The molecule has 0 bridgehead atoms. The van der Waals surface area contributed by atoms with E-state index in [1.165, 1.54) is 44.9 Å². The van der Waals surface area contributed by atoms with E-state index in [1.807, 2.05) is 0 Å². The Bertz CT molecular complexity index is 168. The Morgan fingerprint density at radius 2 is 1.58 bits per heavy atom. The first-order valence-corrected chi connectivity index (χ1v) is 8.13. The van der Waals surface area contributed by atoms with E-state index in [2.05, 4.69) is 12.2 Å². The molecule has 0 heterocycles. The van der Waals surface area contributed by atoms with Crippen LogP contribution in [0.4, 0.5) is 0 Å². The lowest BCUT2D eigenvalue weighted by Crippen LogP contribution is -2.26. The molecule has 118 valence electrons. The number of alkyl halides is 1. The highest BCUT2D eigenvalue weighted by molar-refractivity contribution is 6.20. The van der Waals surface area contributed by atoms with Crippen molar-refractivity contribution in [3.63, 3.8) is 0 Å². The van der Waals surface area contributed by atoms with Crippen molar-refractivity contribution in [3.8, 4) is 0 Å². The van der Waals surface area contributed by atoms with Gasteiger partial charge in [0.05, 0.1) is 6.10 Å². The van der Waals surface area contributed by atoms with Gasteiger partial charge in [0, 0.05) is 11.9 Å². The summed E-state index contributed by atoms with van der Waals surface area (Å²) in [6, 6.07) is 0. The molecule has 4 heteroatoms. The summed E-state index contributed by atoms with van der Waals surface area (Å²) < 4.78 is 0. The van der Waals surface area contributed by atoms with E-state index < -0.39 is 0 Å². The summed E-state index contributed by atoms with van der Waals surface area (Å²) in [4.78, 5) is 0. The van der Waals surface area contributed by atoms with Gasteiger partial charge < -0.3 is 10.4 Å². The largest absolute Gasteiger partial charge is 0.392 e. The molecule has 0 aromatic rings. The minimum absolute atomic E-state index is 0. The minimum Gasteiger partial charge on any atom is -0.392 e. The number of rotatable bonds is 13. The van der Waals surface area contributed by atoms with Gasteiger partial charge in [-0.25, -0.2) is 0 Å². The number of halogens is 2. The molecule has 0 aliphatic heterocycles. The van der Waals surface area contributed by atoms with Crippen LogP contribution in [0.5, 0.6) is 0 Å². The second-order valence-corrected chi connectivity index (χ2v) is 5.97. The van der Waals surface area contributed by atoms with Crippen molar-refractivity contribution in [1.29, 1.82) is 0 Å². The molecule has 0 rings (SSSR count). The Labute approximate surface area is 131 Å². The molecule has 2 atom stereocenters. The molecule has 0 aromatic carbocycles. The Kier molecular flexibility index (Phi) is 19.0. The third-order valence-electron chi connectivity index (χ3n) is 3.20. The van der Waals surface area contributed by atoms with E-state index in [-0.39, 0.29) is 18.5 Å². The molecule has 2 nitrogen and oxygen atoms in total. The third-order valence-corrected chi connectivity index (χ3v) is 3.63. The van der Waals surface area contributed by atoms with Gasteiger partial charge in [0.15, 0.2) is 0 Å². The van der Waals surface area contributed by atoms with Crippen molar-refractivity contribution in [2.45, 2.75) is 83.1 Å². The van der Waals surface area contributed by atoms with Gasteiger partial charge in [-0.05, 0) is 26.3 Å². The number of aliphatic hydroxyl groups is 1. The van der Waals surface area contributed by atoms with Crippen LogP contribution in [0.1, 0.15) is 71.6 Å². The molecule has 0 radical (unpaired) electrons. The first-order valence-electron chi connectivity index (χ1n) is 7.69. The number of unbranched alkanes of at least 4 members (excludes halogenated alkanes) is 6. The summed E-state index contributed by atoms with van der Waals surface area (Å²) in [5.74, 6) is 0. The van der Waals surface area contributed by atoms with Gasteiger partial charge in [-0.1, -0.05) is 51.9 Å². The molecule has 2 N–H and O–H groups in total. The fourth-order valence-corrected chi connectivity index (χ4v) is 2.30.